The fourth-order valence-corrected chi connectivity index (χ4v) is 4.43. The number of hydrogen-bond donors (Lipinski definition) is 1. The lowest BCUT2D eigenvalue weighted by Gasteiger charge is -2.27. The Kier molecular flexibility index (Phi) is 7.55. The van der Waals surface area contributed by atoms with Crippen molar-refractivity contribution in [2.75, 3.05) is 6.61 Å². The molecule has 174 valence electrons. The highest BCUT2D eigenvalue weighted by atomic mass is 16.5. The van der Waals surface area contributed by atoms with Crippen molar-refractivity contribution >= 4 is 5.97 Å². The van der Waals surface area contributed by atoms with E-state index >= 15 is 0 Å². The molecule has 5 heteroatoms. The minimum atomic E-state index is -0.766. The van der Waals surface area contributed by atoms with E-state index in [4.69, 9.17) is 4.74 Å². The van der Waals surface area contributed by atoms with Crippen LogP contribution >= 0.6 is 0 Å². The van der Waals surface area contributed by atoms with Crippen molar-refractivity contribution in [1.29, 1.82) is 0 Å². The standard InChI is InChI=1S/C29H30N2O3/c1-3-9-21-12-8-13-25(28(32)23-10-6-5-7-11-23)26(21)27(31-19-18-30-20-31)22-14-16-24(17-15-22)29(33)34-4-2/h5-8,10-20,27-28,32H,3-4,9H2,1-2H3. The highest BCUT2D eigenvalue weighted by Gasteiger charge is 2.26. The third-order valence-corrected chi connectivity index (χ3v) is 5.99. The van der Waals surface area contributed by atoms with E-state index in [9.17, 15) is 9.90 Å². The van der Waals surface area contributed by atoms with Crippen LogP contribution in [0.25, 0.3) is 0 Å². The first kappa shape index (κ1) is 23.5. The quantitative estimate of drug-likeness (QED) is 0.328. The van der Waals surface area contributed by atoms with Crippen LogP contribution < -0.4 is 0 Å². The lowest BCUT2D eigenvalue weighted by Crippen LogP contribution is -2.18. The molecule has 2 atom stereocenters. The summed E-state index contributed by atoms with van der Waals surface area (Å²) in [4.78, 5) is 16.5. The molecule has 5 nitrogen and oxygen atoms in total. The number of aliphatic hydroxyl groups is 1. The number of carbonyl (C=O) groups excluding carboxylic acids is 1. The van der Waals surface area contributed by atoms with Gasteiger partial charge < -0.3 is 14.4 Å². The molecule has 0 aliphatic carbocycles. The van der Waals surface area contributed by atoms with Crippen LogP contribution in [0, 0.1) is 0 Å². The number of aromatic nitrogens is 2. The van der Waals surface area contributed by atoms with Crippen molar-refractivity contribution in [2.45, 2.75) is 38.8 Å². The molecule has 0 saturated carbocycles. The summed E-state index contributed by atoms with van der Waals surface area (Å²) in [6, 6.07) is 23.2. The molecule has 0 saturated heterocycles. The number of benzene rings is 3. The maximum Gasteiger partial charge on any atom is 0.338 e. The smallest absolute Gasteiger partial charge is 0.338 e. The molecule has 0 radical (unpaired) electrons. The van der Waals surface area contributed by atoms with E-state index in [0.717, 1.165) is 35.1 Å². The van der Waals surface area contributed by atoms with Gasteiger partial charge in [-0.2, -0.15) is 0 Å². The zero-order valence-corrected chi connectivity index (χ0v) is 19.6. The van der Waals surface area contributed by atoms with Crippen LogP contribution in [0.3, 0.4) is 0 Å². The van der Waals surface area contributed by atoms with Crippen LogP contribution in [0.2, 0.25) is 0 Å². The summed E-state index contributed by atoms with van der Waals surface area (Å²) in [5.41, 5.74) is 5.47. The molecule has 0 spiro atoms. The van der Waals surface area contributed by atoms with Gasteiger partial charge in [-0.1, -0.05) is 74.0 Å². The van der Waals surface area contributed by atoms with Gasteiger partial charge in [-0.05, 0) is 53.3 Å². The second kappa shape index (κ2) is 10.9. The predicted octanol–water partition coefficient (Wildman–Crippen LogP) is 5.73. The average molecular weight is 455 g/mol. The van der Waals surface area contributed by atoms with Crippen molar-refractivity contribution in [3.63, 3.8) is 0 Å². The van der Waals surface area contributed by atoms with E-state index < -0.39 is 6.10 Å². The topological polar surface area (TPSA) is 64.3 Å². The normalized spacial score (nSPS) is 12.8. The zero-order chi connectivity index (χ0) is 23.9. The van der Waals surface area contributed by atoms with Gasteiger partial charge in [0.2, 0.25) is 0 Å². The van der Waals surface area contributed by atoms with Crippen LogP contribution in [0.4, 0.5) is 0 Å². The van der Waals surface area contributed by atoms with Crippen LogP contribution in [0.5, 0.6) is 0 Å². The van der Waals surface area contributed by atoms with E-state index in [1.165, 1.54) is 5.56 Å². The molecule has 0 bridgehead atoms. The molecule has 1 N–H and O–H groups in total. The van der Waals surface area contributed by atoms with E-state index in [1.807, 2.05) is 60.8 Å². The number of imidazole rings is 1. The van der Waals surface area contributed by atoms with Gasteiger partial charge in [-0.25, -0.2) is 9.78 Å². The van der Waals surface area contributed by atoms with Gasteiger partial charge in [0.1, 0.15) is 6.10 Å². The maximum atomic E-state index is 12.2. The third-order valence-electron chi connectivity index (χ3n) is 5.99. The molecule has 2 unspecified atom stereocenters. The number of nitrogens with zero attached hydrogens (tertiary/aromatic N) is 2. The van der Waals surface area contributed by atoms with Gasteiger partial charge >= 0.3 is 5.97 Å². The Labute approximate surface area is 200 Å². The van der Waals surface area contributed by atoms with Crippen LogP contribution in [-0.2, 0) is 11.2 Å². The minimum absolute atomic E-state index is 0.213. The predicted molar refractivity (Wildman–Crippen MR) is 133 cm³/mol. The van der Waals surface area contributed by atoms with Crippen LogP contribution in [0.1, 0.15) is 70.6 Å². The third kappa shape index (κ3) is 4.95. The summed E-state index contributed by atoms with van der Waals surface area (Å²) in [6.45, 7) is 4.29. The Morgan fingerprint density at radius 1 is 0.971 bits per heavy atom. The molecular weight excluding hydrogens is 424 g/mol. The number of esters is 1. The minimum Gasteiger partial charge on any atom is -0.462 e. The first-order valence-corrected chi connectivity index (χ1v) is 11.7. The number of carbonyl (C=O) groups is 1. The van der Waals surface area contributed by atoms with E-state index in [-0.39, 0.29) is 12.0 Å². The number of hydrogen-bond acceptors (Lipinski definition) is 4. The summed E-state index contributed by atoms with van der Waals surface area (Å²) in [7, 11) is 0. The summed E-state index contributed by atoms with van der Waals surface area (Å²) < 4.78 is 7.20. The first-order chi connectivity index (χ1) is 16.6. The average Bonchev–Trinajstić information content (AvgIpc) is 3.40. The van der Waals surface area contributed by atoms with Crippen molar-refractivity contribution in [3.05, 3.63) is 125 Å². The Hall–Kier alpha value is -3.70. The molecule has 1 aromatic heterocycles. The largest absolute Gasteiger partial charge is 0.462 e. The van der Waals surface area contributed by atoms with Crippen LogP contribution in [0.15, 0.2) is 91.5 Å². The zero-order valence-electron chi connectivity index (χ0n) is 19.6. The first-order valence-electron chi connectivity index (χ1n) is 11.7. The SMILES string of the molecule is CCCc1cccc(C(O)c2ccccc2)c1C(c1ccc(C(=O)OCC)cc1)n1ccnc1. The van der Waals surface area contributed by atoms with Gasteiger partial charge in [0.05, 0.1) is 24.5 Å². The molecule has 0 fully saturated rings. The Morgan fingerprint density at radius 3 is 2.38 bits per heavy atom. The fraction of sp³-hybridized carbons (Fsp3) is 0.241. The fourth-order valence-electron chi connectivity index (χ4n) is 4.43. The number of rotatable bonds is 9. The van der Waals surface area contributed by atoms with Gasteiger partial charge in [0.15, 0.2) is 0 Å². The van der Waals surface area contributed by atoms with Gasteiger partial charge in [0.25, 0.3) is 0 Å². The van der Waals surface area contributed by atoms with Gasteiger partial charge in [0, 0.05) is 12.4 Å². The molecule has 1 heterocycles. The maximum absolute atomic E-state index is 12.2. The number of aliphatic hydroxyl groups excluding tert-OH is 1. The second-order valence-electron chi connectivity index (χ2n) is 8.24. The highest BCUT2D eigenvalue weighted by Crippen LogP contribution is 2.37. The summed E-state index contributed by atoms with van der Waals surface area (Å²) in [6.07, 6.45) is 6.59. The van der Waals surface area contributed by atoms with E-state index in [0.29, 0.717) is 12.2 Å². The highest BCUT2D eigenvalue weighted by molar-refractivity contribution is 5.89. The van der Waals surface area contributed by atoms with Crippen molar-refractivity contribution in [2.24, 2.45) is 0 Å². The molecule has 34 heavy (non-hydrogen) atoms. The molecule has 3 aromatic carbocycles. The Balaban J connectivity index is 1.87. The second-order valence-corrected chi connectivity index (χ2v) is 8.24. The Bertz CT molecular complexity index is 1200. The molecule has 0 amide bonds. The van der Waals surface area contributed by atoms with Crippen LogP contribution in [-0.4, -0.2) is 27.2 Å². The number of aryl methyl sites for hydroxylation is 1. The number of ether oxygens (including phenoxy) is 1. The molecule has 4 aromatic rings. The molecule has 4 rings (SSSR count). The summed E-state index contributed by atoms with van der Waals surface area (Å²) >= 11 is 0. The van der Waals surface area contributed by atoms with Crippen molar-refractivity contribution in [1.82, 2.24) is 9.55 Å². The van der Waals surface area contributed by atoms with Gasteiger partial charge in [-0.15, -0.1) is 0 Å². The molecule has 0 aliphatic heterocycles. The Morgan fingerprint density at radius 2 is 1.74 bits per heavy atom. The van der Waals surface area contributed by atoms with Gasteiger partial charge in [-0.3, -0.25) is 0 Å². The van der Waals surface area contributed by atoms with E-state index in [2.05, 4.69) is 22.5 Å². The lowest BCUT2D eigenvalue weighted by atomic mass is 9.85. The molecule has 0 aliphatic rings. The van der Waals surface area contributed by atoms with E-state index in [1.54, 1.807) is 31.6 Å². The van der Waals surface area contributed by atoms with Crippen molar-refractivity contribution in [3.8, 4) is 0 Å². The lowest BCUT2D eigenvalue weighted by molar-refractivity contribution is 0.0526. The summed E-state index contributed by atoms with van der Waals surface area (Å²) in [5.74, 6) is -0.334. The monoisotopic (exact) mass is 454 g/mol. The molecular formula is C29H30N2O3. The van der Waals surface area contributed by atoms with Crippen molar-refractivity contribution < 1.29 is 14.6 Å². The summed E-state index contributed by atoms with van der Waals surface area (Å²) in [5, 5.41) is 11.4.